The Bertz CT molecular complexity index is 431. The van der Waals surface area contributed by atoms with Crippen molar-refractivity contribution in [2.75, 3.05) is 0 Å². The maximum Gasteiger partial charge on any atom is 0.355 e. The Labute approximate surface area is 151 Å². The Kier molecular flexibility index (Phi) is 12.7. The summed E-state index contributed by atoms with van der Waals surface area (Å²) in [6, 6.07) is 0. The second-order valence-electron chi connectivity index (χ2n) is 6.78. The molecule has 138 valence electrons. The zero-order valence-electron chi connectivity index (χ0n) is 15.4. The number of carboxylic acids is 1. The van der Waals surface area contributed by atoms with Crippen molar-refractivity contribution in [3.8, 4) is 0 Å². The highest BCUT2D eigenvalue weighted by atomic mass is 32.1. The van der Waals surface area contributed by atoms with E-state index in [1.54, 1.807) is 5.38 Å². The number of hydrogen-bond donors (Lipinski definition) is 1. The third-order valence-electron chi connectivity index (χ3n) is 4.52. The summed E-state index contributed by atoms with van der Waals surface area (Å²) < 4.78 is 0. The van der Waals surface area contributed by atoms with E-state index < -0.39 is 5.97 Å². The van der Waals surface area contributed by atoms with Crippen molar-refractivity contribution in [2.24, 2.45) is 0 Å². The molecule has 0 saturated heterocycles. The fraction of sp³-hybridized carbons (Fsp3) is 0.800. The Hall–Kier alpha value is -0.900. The molecule has 0 radical (unpaired) electrons. The fourth-order valence-corrected chi connectivity index (χ4v) is 3.81. The largest absolute Gasteiger partial charge is 0.476 e. The van der Waals surface area contributed by atoms with Crippen LogP contribution in [0.15, 0.2) is 5.38 Å². The normalized spacial score (nSPS) is 11.0. The van der Waals surface area contributed by atoms with Gasteiger partial charge >= 0.3 is 5.97 Å². The van der Waals surface area contributed by atoms with Gasteiger partial charge in [-0.15, -0.1) is 11.3 Å². The molecule has 0 aromatic carbocycles. The van der Waals surface area contributed by atoms with E-state index in [0.29, 0.717) is 0 Å². The number of hydrogen-bond acceptors (Lipinski definition) is 3. The highest BCUT2D eigenvalue weighted by Gasteiger charge is 2.07. The van der Waals surface area contributed by atoms with Crippen LogP contribution >= 0.6 is 11.3 Å². The van der Waals surface area contributed by atoms with Gasteiger partial charge < -0.3 is 5.11 Å². The second-order valence-corrected chi connectivity index (χ2v) is 7.72. The van der Waals surface area contributed by atoms with Gasteiger partial charge in [-0.1, -0.05) is 90.4 Å². The van der Waals surface area contributed by atoms with Gasteiger partial charge in [-0.2, -0.15) is 0 Å². The van der Waals surface area contributed by atoms with E-state index in [1.165, 1.54) is 94.8 Å². The van der Waals surface area contributed by atoms with Crippen LogP contribution in [0, 0.1) is 0 Å². The average molecular weight is 354 g/mol. The van der Waals surface area contributed by atoms with E-state index in [1.807, 2.05) is 0 Å². The molecule has 3 nitrogen and oxygen atoms in total. The molecule has 0 aliphatic rings. The van der Waals surface area contributed by atoms with Crippen LogP contribution in [0.2, 0.25) is 0 Å². The lowest BCUT2D eigenvalue weighted by atomic mass is 10.0. The zero-order valence-corrected chi connectivity index (χ0v) is 16.2. The minimum absolute atomic E-state index is 0.195. The standard InChI is InChI=1S/C20H35NO2S/c1-2-3-4-5-6-7-8-9-10-11-12-13-14-15-16-19-21-18(17-24-19)20(22)23/h17H,2-16H2,1H3,(H,22,23). The number of nitrogens with zero attached hydrogens (tertiary/aromatic N) is 1. The molecule has 1 rings (SSSR count). The molecule has 1 aromatic heterocycles. The molecule has 0 atom stereocenters. The first-order valence-corrected chi connectivity index (χ1v) is 10.8. The third-order valence-corrected chi connectivity index (χ3v) is 5.42. The van der Waals surface area contributed by atoms with Gasteiger partial charge in [-0.25, -0.2) is 9.78 Å². The van der Waals surface area contributed by atoms with Crippen molar-refractivity contribution >= 4 is 17.3 Å². The SMILES string of the molecule is CCCCCCCCCCCCCCCCc1nc(C(=O)O)cs1. The molecule has 1 heterocycles. The van der Waals surface area contributed by atoms with Crippen molar-refractivity contribution in [1.82, 2.24) is 4.98 Å². The van der Waals surface area contributed by atoms with Crippen molar-refractivity contribution in [2.45, 2.75) is 103 Å². The van der Waals surface area contributed by atoms with Gasteiger partial charge in [0.05, 0.1) is 5.01 Å². The third kappa shape index (κ3) is 10.8. The number of carbonyl (C=O) groups is 1. The summed E-state index contributed by atoms with van der Waals surface area (Å²) in [5, 5.41) is 11.4. The van der Waals surface area contributed by atoms with Gasteiger partial charge in [-0.05, 0) is 12.8 Å². The summed E-state index contributed by atoms with van der Waals surface area (Å²) in [7, 11) is 0. The smallest absolute Gasteiger partial charge is 0.355 e. The monoisotopic (exact) mass is 353 g/mol. The number of unbranched alkanes of at least 4 members (excludes halogenated alkanes) is 13. The summed E-state index contributed by atoms with van der Waals surface area (Å²) in [5.74, 6) is -0.918. The van der Waals surface area contributed by atoms with E-state index in [4.69, 9.17) is 5.11 Å². The molecular weight excluding hydrogens is 318 g/mol. The number of aromatic nitrogens is 1. The second kappa shape index (κ2) is 14.4. The quantitative estimate of drug-likeness (QED) is 0.330. The number of carboxylic acid groups (broad SMARTS) is 1. The molecule has 0 aliphatic heterocycles. The van der Waals surface area contributed by atoms with E-state index in [9.17, 15) is 4.79 Å². The van der Waals surface area contributed by atoms with E-state index >= 15 is 0 Å². The summed E-state index contributed by atoms with van der Waals surface area (Å²) >= 11 is 1.47. The topological polar surface area (TPSA) is 50.2 Å². The Morgan fingerprint density at radius 1 is 0.875 bits per heavy atom. The van der Waals surface area contributed by atoms with Crippen molar-refractivity contribution in [1.29, 1.82) is 0 Å². The molecule has 1 aromatic rings. The van der Waals surface area contributed by atoms with Crippen LogP contribution in [-0.2, 0) is 6.42 Å². The zero-order chi connectivity index (χ0) is 17.5. The number of thiazole rings is 1. The van der Waals surface area contributed by atoms with Crippen molar-refractivity contribution in [3.63, 3.8) is 0 Å². The summed E-state index contributed by atoms with van der Waals surface area (Å²) in [6.45, 7) is 2.27. The lowest BCUT2D eigenvalue weighted by molar-refractivity contribution is 0.0691. The van der Waals surface area contributed by atoms with Crippen molar-refractivity contribution in [3.05, 3.63) is 16.1 Å². The van der Waals surface area contributed by atoms with Crippen molar-refractivity contribution < 1.29 is 9.90 Å². The molecule has 0 saturated carbocycles. The molecule has 0 aliphatic carbocycles. The predicted molar refractivity (Wildman–Crippen MR) is 103 cm³/mol. The molecule has 0 fully saturated rings. The molecule has 0 bridgehead atoms. The van der Waals surface area contributed by atoms with Crippen LogP contribution in [0.3, 0.4) is 0 Å². The highest BCUT2D eigenvalue weighted by Crippen LogP contribution is 2.16. The van der Waals surface area contributed by atoms with Gasteiger partial charge in [0, 0.05) is 5.38 Å². The minimum atomic E-state index is -0.918. The average Bonchev–Trinajstić information content (AvgIpc) is 3.04. The van der Waals surface area contributed by atoms with Crippen LogP contribution in [-0.4, -0.2) is 16.1 Å². The van der Waals surface area contributed by atoms with E-state index in [0.717, 1.165) is 17.8 Å². The number of aryl methyl sites for hydroxylation is 1. The summed E-state index contributed by atoms with van der Waals surface area (Å²) in [4.78, 5) is 14.9. The van der Waals surface area contributed by atoms with Crippen LogP contribution in [0.1, 0.15) is 112 Å². The van der Waals surface area contributed by atoms with Crippen LogP contribution in [0.5, 0.6) is 0 Å². The molecule has 0 amide bonds. The Morgan fingerprint density at radius 3 is 1.75 bits per heavy atom. The van der Waals surface area contributed by atoms with E-state index in [2.05, 4.69) is 11.9 Å². The first-order chi connectivity index (χ1) is 11.7. The molecular formula is C20H35NO2S. The Morgan fingerprint density at radius 2 is 1.33 bits per heavy atom. The summed E-state index contributed by atoms with van der Waals surface area (Å²) in [6.07, 6.45) is 20.0. The highest BCUT2D eigenvalue weighted by molar-refractivity contribution is 7.09. The van der Waals surface area contributed by atoms with Crippen LogP contribution < -0.4 is 0 Å². The van der Waals surface area contributed by atoms with Gasteiger partial charge in [-0.3, -0.25) is 0 Å². The van der Waals surface area contributed by atoms with Crippen LogP contribution in [0.4, 0.5) is 0 Å². The maximum absolute atomic E-state index is 10.8. The van der Waals surface area contributed by atoms with Gasteiger partial charge in [0.25, 0.3) is 0 Å². The minimum Gasteiger partial charge on any atom is -0.476 e. The summed E-state index contributed by atoms with van der Waals surface area (Å²) in [5.41, 5.74) is 0.195. The number of rotatable bonds is 16. The Balaban J connectivity index is 1.81. The first-order valence-electron chi connectivity index (χ1n) is 9.91. The van der Waals surface area contributed by atoms with Gasteiger partial charge in [0.1, 0.15) is 0 Å². The molecule has 24 heavy (non-hydrogen) atoms. The molecule has 0 spiro atoms. The first kappa shape index (κ1) is 21.1. The van der Waals surface area contributed by atoms with Gasteiger partial charge in [0.15, 0.2) is 5.69 Å². The fourth-order valence-electron chi connectivity index (χ4n) is 2.99. The number of aromatic carboxylic acids is 1. The van der Waals surface area contributed by atoms with E-state index in [-0.39, 0.29) is 5.69 Å². The van der Waals surface area contributed by atoms with Crippen LogP contribution in [0.25, 0.3) is 0 Å². The maximum atomic E-state index is 10.8. The lowest BCUT2D eigenvalue weighted by Gasteiger charge is -2.03. The van der Waals surface area contributed by atoms with Gasteiger partial charge in [0.2, 0.25) is 0 Å². The molecule has 4 heteroatoms. The molecule has 1 N–H and O–H groups in total. The lowest BCUT2D eigenvalue weighted by Crippen LogP contribution is -1.96. The molecule has 0 unspecified atom stereocenters. The predicted octanol–water partition coefficient (Wildman–Crippen LogP) is 6.87.